The summed E-state index contributed by atoms with van der Waals surface area (Å²) in [5.74, 6) is -0.323. The zero-order valence-corrected chi connectivity index (χ0v) is 14.7. The van der Waals surface area contributed by atoms with E-state index >= 15 is 0 Å². The second-order valence-electron chi connectivity index (χ2n) is 5.00. The van der Waals surface area contributed by atoms with Gasteiger partial charge in [0, 0.05) is 14.5 Å². The predicted molar refractivity (Wildman–Crippen MR) is 84.7 cm³/mol. The molecule has 0 amide bonds. The Labute approximate surface area is 138 Å². The minimum Gasteiger partial charge on any atom is -0.481 e. The summed E-state index contributed by atoms with van der Waals surface area (Å²) in [6.07, 6.45) is 0.489. The van der Waals surface area contributed by atoms with Crippen LogP contribution in [0.15, 0.2) is 27.1 Å². The fourth-order valence-corrected chi connectivity index (χ4v) is 3.06. The molecule has 6 nitrogen and oxygen atoms in total. The van der Waals surface area contributed by atoms with E-state index in [9.17, 15) is 9.90 Å². The van der Waals surface area contributed by atoms with Crippen molar-refractivity contribution in [1.82, 2.24) is 20.2 Å². The molecule has 1 aromatic heterocycles. The first kappa shape index (κ1) is 16.1. The maximum atomic E-state index is 11.4. The molecule has 0 aliphatic heterocycles. The summed E-state index contributed by atoms with van der Waals surface area (Å²) in [6, 6.07) is 5.65. The molecule has 0 saturated carbocycles. The van der Waals surface area contributed by atoms with Crippen LogP contribution in [0.2, 0.25) is 0 Å². The first-order valence-electron chi connectivity index (χ1n) is 6.32. The van der Waals surface area contributed by atoms with Crippen molar-refractivity contribution in [3.05, 3.63) is 27.1 Å². The highest BCUT2D eigenvalue weighted by atomic mass is 79.9. The molecule has 1 unspecified atom stereocenters. The van der Waals surface area contributed by atoms with Crippen molar-refractivity contribution in [1.29, 1.82) is 0 Å². The van der Waals surface area contributed by atoms with Gasteiger partial charge >= 0.3 is 5.97 Å². The zero-order valence-electron chi connectivity index (χ0n) is 11.5. The molecule has 1 heterocycles. The molecule has 0 aliphatic carbocycles. The number of halogens is 2. The van der Waals surface area contributed by atoms with Crippen LogP contribution in [-0.2, 0) is 11.3 Å². The average molecular weight is 418 g/mol. The SMILES string of the molecule is CCC(C)(Cn1nnnc1-c1ccc(Br)cc1Br)C(=O)O. The van der Waals surface area contributed by atoms with E-state index in [1.807, 2.05) is 25.1 Å². The highest BCUT2D eigenvalue weighted by molar-refractivity contribution is 9.11. The number of tetrazole rings is 1. The number of benzene rings is 1. The van der Waals surface area contributed by atoms with Gasteiger partial charge in [-0.15, -0.1) is 5.10 Å². The molecule has 2 rings (SSSR count). The number of carboxylic acids is 1. The van der Waals surface area contributed by atoms with Crippen molar-refractivity contribution in [3.8, 4) is 11.4 Å². The summed E-state index contributed by atoms with van der Waals surface area (Å²) >= 11 is 6.86. The summed E-state index contributed by atoms with van der Waals surface area (Å²) < 4.78 is 3.30. The Morgan fingerprint density at radius 1 is 1.43 bits per heavy atom. The molecule has 21 heavy (non-hydrogen) atoms. The van der Waals surface area contributed by atoms with Crippen LogP contribution in [0.25, 0.3) is 11.4 Å². The summed E-state index contributed by atoms with van der Waals surface area (Å²) in [5.41, 5.74) is -0.0987. The Bertz CT molecular complexity index is 674. The standard InChI is InChI=1S/C13H14Br2N4O2/c1-3-13(2,12(20)21)7-19-11(16-17-18-19)9-5-4-8(14)6-10(9)15/h4-6H,3,7H2,1-2H3,(H,20,21). The molecular weight excluding hydrogens is 404 g/mol. The second-order valence-corrected chi connectivity index (χ2v) is 6.77. The minimum atomic E-state index is -0.911. The Kier molecular flexibility index (Phi) is 4.77. The first-order valence-corrected chi connectivity index (χ1v) is 7.91. The van der Waals surface area contributed by atoms with Gasteiger partial charge in [-0.2, -0.15) is 0 Å². The third-order valence-electron chi connectivity index (χ3n) is 3.50. The van der Waals surface area contributed by atoms with Gasteiger partial charge in [-0.1, -0.05) is 22.9 Å². The number of aliphatic carboxylic acids is 1. The molecule has 0 fully saturated rings. The molecule has 1 N–H and O–H groups in total. The molecule has 0 aliphatic rings. The summed E-state index contributed by atoms with van der Waals surface area (Å²) in [5, 5.41) is 21.0. The lowest BCUT2D eigenvalue weighted by atomic mass is 9.88. The van der Waals surface area contributed by atoms with Gasteiger partial charge < -0.3 is 5.11 Å². The normalized spacial score (nSPS) is 13.9. The van der Waals surface area contributed by atoms with Crippen LogP contribution in [0, 0.1) is 5.41 Å². The summed E-state index contributed by atoms with van der Waals surface area (Å²) in [7, 11) is 0. The van der Waals surface area contributed by atoms with Crippen LogP contribution in [0.3, 0.4) is 0 Å². The van der Waals surface area contributed by atoms with Crippen LogP contribution >= 0.6 is 31.9 Å². The Morgan fingerprint density at radius 3 is 2.71 bits per heavy atom. The topological polar surface area (TPSA) is 80.9 Å². The molecular formula is C13H14Br2N4O2. The van der Waals surface area contributed by atoms with Crippen LogP contribution in [-0.4, -0.2) is 31.3 Å². The van der Waals surface area contributed by atoms with Crippen LogP contribution in [0.1, 0.15) is 20.3 Å². The van der Waals surface area contributed by atoms with Crippen LogP contribution in [0.4, 0.5) is 0 Å². The van der Waals surface area contributed by atoms with Gasteiger partial charge in [-0.25, -0.2) is 4.68 Å². The number of aromatic nitrogens is 4. The van der Waals surface area contributed by atoms with Gasteiger partial charge in [0.1, 0.15) is 0 Å². The van der Waals surface area contributed by atoms with E-state index in [-0.39, 0.29) is 6.54 Å². The summed E-state index contributed by atoms with van der Waals surface area (Å²) in [6.45, 7) is 3.74. The van der Waals surface area contributed by atoms with Crippen molar-refractivity contribution >= 4 is 37.8 Å². The third-order valence-corrected chi connectivity index (χ3v) is 4.65. The molecule has 0 spiro atoms. The molecule has 2 aromatic rings. The van der Waals surface area contributed by atoms with E-state index in [4.69, 9.17) is 0 Å². The average Bonchev–Trinajstić information content (AvgIpc) is 2.86. The Hall–Kier alpha value is -1.28. The molecule has 112 valence electrons. The smallest absolute Gasteiger partial charge is 0.311 e. The summed E-state index contributed by atoms with van der Waals surface area (Å²) in [4.78, 5) is 11.4. The van der Waals surface area contributed by atoms with Crippen LogP contribution < -0.4 is 0 Å². The fraction of sp³-hybridized carbons (Fsp3) is 0.385. The maximum absolute atomic E-state index is 11.4. The Balaban J connectivity index is 2.41. The number of hydrogen-bond donors (Lipinski definition) is 1. The predicted octanol–water partition coefficient (Wildman–Crippen LogP) is 3.37. The maximum Gasteiger partial charge on any atom is 0.311 e. The largest absolute Gasteiger partial charge is 0.481 e. The van der Waals surface area contributed by atoms with Gasteiger partial charge in [0.25, 0.3) is 0 Å². The number of carbonyl (C=O) groups is 1. The number of nitrogens with zero attached hydrogens (tertiary/aromatic N) is 4. The van der Waals surface area contributed by atoms with E-state index in [0.717, 1.165) is 14.5 Å². The van der Waals surface area contributed by atoms with Gasteiger partial charge in [-0.3, -0.25) is 4.79 Å². The molecule has 8 heteroatoms. The minimum absolute atomic E-state index is 0.212. The van der Waals surface area contributed by atoms with Gasteiger partial charge in [0.2, 0.25) is 0 Å². The molecule has 0 saturated heterocycles. The van der Waals surface area contributed by atoms with Crippen molar-refractivity contribution in [2.75, 3.05) is 0 Å². The fourth-order valence-electron chi connectivity index (χ4n) is 1.84. The van der Waals surface area contributed by atoms with Gasteiger partial charge in [0.15, 0.2) is 5.82 Å². The zero-order chi connectivity index (χ0) is 15.6. The number of carboxylic acid groups (broad SMARTS) is 1. The van der Waals surface area contributed by atoms with Gasteiger partial charge in [-0.05, 0) is 57.9 Å². The van der Waals surface area contributed by atoms with Crippen molar-refractivity contribution in [2.45, 2.75) is 26.8 Å². The van der Waals surface area contributed by atoms with Crippen molar-refractivity contribution in [2.24, 2.45) is 5.41 Å². The van der Waals surface area contributed by atoms with E-state index < -0.39 is 11.4 Å². The monoisotopic (exact) mass is 416 g/mol. The molecule has 0 bridgehead atoms. The lowest BCUT2D eigenvalue weighted by Gasteiger charge is -2.23. The lowest BCUT2D eigenvalue weighted by Crippen LogP contribution is -2.32. The number of rotatable bonds is 5. The van der Waals surface area contributed by atoms with E-state index in [0.29, 0.717) is 12.2 Å². The first-order chi connectivity index (χ1) is 9.87. The second kappa shape index (κ2) is 6.23. The quantitative estimate of drug-likeness (QED) is 0.806. The molecule has 1 atom stereocenters. The van der Waals surface area contributed by atoms with E-state index in [2.05, 4.69) is 47.4 Å². The highest BCUT2D eigenvalue weighted by Gasteiger charge is 2.33. The van der Waals surface area contributed by atoms with Gasteiger partial charge in [0.05, 0.1) is 12.0 Å². The van der Waals surface area contributed by atoms with Crippen LogP contribution in [0.5, 0.6) is 0 Å². The lowest BCUT2D eigenvalue weighted by molar-refractivity contribution is -0.149. The van der Waals surface area contributed by atoms with Crippen molar-refractivity contribution in [3.63, 3.8) is 0 Å². The molecule has 0 radical (unpaired) electrons. The third kappa shape index (κ3) is 3.32. The molecule has 1 aromatic carbocycles. The highest BCUT2D eigenvalue weighted by Crippen LogP contribution is 2.31. The van der Waals surface area contributed by atoms with E-state index in [1.165, 1.54) is 4.68 Å². The van der Waals surface area contributed by atoms with E-state index in [1.54, 1.807) is 6.92 Å². The number of hydrogen-bond acceptors (Lipinski definition) is 4. The van der Waals surface area contributed by atoms with Crippen molar-refractivity contribution < 1.29 is 9.90 Å². The Morgan fingerprint density at radius 2 is 2.14 bits per heavy atom.